The predicted molar refractivity (Wildman–Crippen MR) is 60.4 cm³/mol. The third-order valence-electron chi connectivity index (χ3n) is 3.54. The second-order valence-electron chi connectivity index (χ2n) is 5.12. The number of rotatable bonds is 6. The molecule has 2 rings (SSSR count). The summed E-state index contributed by atoms with van der Waals surface area (Å²) >= 11 is 0. The van der Waals surface area contributed by atoms with Gasteiger partial charge in [-0.15, -0.1) is 0 Å². The molecule has 2 N–H and O–H groups in total. The van der Waals surface area contributed by atoms with Gasteiger partial charge in [0, 0.05) is 12.1 Å². The van der Waals surface area contributed by atoms with Gasteiger partial charge >= 0.3 is 0 Å². The number of hydrogen-bond donors (Lipinski definition) is 2. The molecule has 0 aromatic rings. The molecule has 2 atom stereocenters. The van der Waals surface area contributed by atoms with E-state index >= 15 is 0 Å². The van der Waals surface area contributed by atoms with E-state index in [0.717, 1.165) is 12.0 Å². The second kappa shape index (κ2) is 5.13. The molecule has 0 amide bonds. The van der Waals surface area contributed by atoms with Crippen molar-refractivity contribution in [2.45, 2.75) is 57.5 Å². The zero-order valence-corrected chi connectivity index (χ0v) is 9.39. The van der Waals surface area contributed by atoms with Gasteiger partial charge in [-0.2, -0.15) is 0 Å². The lowest BCUT2D eigenvalue weighted by atomic mass is 10.1. The van der Waals surface area contributed by atoms with Crippen molar-refractivity contribution < 1.29 is 0 Å². The van der Waals surface area contributed by atoms with E-state index in [-0.39, 0.29) is 0 Å². The van der Waals surface area contributed by atoms with Gasteiger partial charge in [-0.25, -0.2) is 0 Å². The maximum absolute atomic E-state index is 3.64. The van der Waals surface area contributed by atoms with Crippen molar-refractivity contribution in [3.8, 4) is 0 Å². The van der Waals surface area contributed by atoms with Crippen LogP contribution in [0.5, 0.6) is 0 Å². The fourth-order valence-electron chi connectivity index (χ4n) is 2.41. The quantitative estimate of drug-likeness (QED) is 0.678. The van der Waals surface area contributed by atoms with Crippen LogP contribution in [0.15, 0.2) is 0 Å². The molecule has 82 valence electrons. The average Bonchev–Trinajstić information content (AvgIpc) is 2.83. The predicted octanol–water partition coefficient (Wildman–Crippen LogP) is 1.91. The van der Waals surface area contributed by atoms with E-state index in [0.29, 0.717) is 6.04 Å². The molecule has 14 heavy (non-hydrogen) atoms. The molecule has 1 saturated heterocycles. The minimum Gasteiger partial charge on any atom is -0.314 e. The Labute approximate surface area is 87.8 Å². The van der Waals surface area contributed by atoms with Gasteiger partial charge in [0.05, 0.1) is 0 Å². The molecule has 2 nitrogen and oxygen atoms in total. The van der Waals surface area contributed by atoms with Crippen LogP contribution in [0, 0.1) is 5.92 Å². The molecule has 0 aromatic heterocycles. The Morgan fingerprint density at radius 3 is 2.86 bits per heavy atom. The van der Waals surface area contributed by atoms with Gasteiger partial charge in [-0.05, 0) is 51.6 Å². The van der Waals surface area contributed by atoms with Crippen molar-refractivity contribution in [1.82, 2.24) is 10.6 Å². The van der Waals surface area contributed by atoms with Gasteiger partial charge < -0.3 is 10.6 Å². The highest BCUT2D eigenvalue weighted by molar-refractivity contribution is 4.79. The summed E-state index contributed by atoms with van der Waals surface area (Å²) in [5.74, 6) is 1.07. The van der Waals surface area contributed by atoms with Gasteiger partial charge in [-0.1, -0.05) is 12.8 Å². The Morgan fingerprint density at radius 2 is 2.21 bits per heavy atom. The van der Waals surface area contributed by atoms with E-state index in [1.54, 1.807) is 0 Å². The van der Waals surface area contributed by atoms with Crippen molar-refractivity contribution in [1.29, 1.82) is 0 Å². The Bertz CT molecular complexity index is 160. The molecule has 2 heteroatoms. The summed E-state index contributed by atoms with van der Waals surface area (Å²) in [4.78, 5) is 0. The van der Waals surface area contributed by atoms with Crippen molar-refractivity contribution in [3.05, 3.63) is 0 Å². The molecule has 1 aliphatic carbocycles. The zero-order chi connectivity index (χ0) is 9.80. The van der Waals surface area contributed by atoms with Crippen LogP contribution in [-0.2, 0) is 0 Å². The topological polar surface area (TPSA) is 24.1 Å². The van der Waals surface area contributed by atoms with E-state index in [2.05, 4.69) is 17.6 Å². The van der Waals surface area contributed by atoms with Crippen LogP contribution < -0.4 is 10.6 Å². The summed E-state index contributed by atoms with van der Waals surface area (Å²) in [6, 6.07) is 1.49. The molecule has 0 radical (unpaired) electrons. The summed E-state index contributed by atoms with van der Waals surface area (Å²) in [5, 5.41) is 7.20. The Hall–Kier alpha value is -0.0800. The molecular formula is C12H24N2. The molecule has 2 fully saturated rings. The fraction of sp³-hybridized carbons (Fsp3) is 1.00. The standard InChI is InChI=1S/C12H24N2/c1-10(9-12-3-2-7-14-12)13-8-6-11-4-5-11/h10-14H,2-9H2,1H3. The minimum absolute atomic E-state index is 0.698. The van der Waals surface area contributed by atoms with Gasteiger partial charge in [0.2, 0.25) is 0 Å². The van der Waals surface area contributed by atoms with E-state index < -0.39 is 0 Å². The van der Waals surface area contributed by atoms with Gasteiger partial charge in [-0.3, -0.25) is 0 Å². The van der Waals surface area contributed by atoms with Crippen LogP contribution >= 0.6 is 0 Å². The molecule has 0 aromatic carbocycles. The molecule has 1 saturated carbocycles. The maximum atomic E-state index is 3.64. The van der Waals surface area contributed by atoms with Gasteiger partial charge in [0.1, 0.15) is 0 Å². The molecule has 0 bridgehead atoms. The maximum Gasteiger partial charge on any atom is 0.00822 e. The molecule has 2 aliphatic rings. The summed E-state index contributed by atoms with van der Waals surface area (Å²) in [6.45, 7) is 4.80. The van der Waals surface area contributed by atoms with Crippen LogP contribution in [0.25, 0.3) is 0 Å². The summed E-state index contributed by atoms with van der Waals surface area (Å²) < 4.78 is 0. The summed E-state index contributed by atoms with van der Waals surface area (Å²) in [7, 11) is 0. The van der Waals surface area contributed by atoms with Gasteiger partial charge in [0.25, 0.3) is 0 Å². The highest BCUT2D eigenvalue weighted by Gasteiger charge is 2.21. The van der Waals surface area contributed by atoms with E-state index in [1.165, 1.54) is 51.6 Å². The zero-order valence-electron chi connectivity index (χ0n) is 9.39. The van der Waals surface area contributed by atoms with Crippen LogP contribution in [0.1, 0.15) is 45.4 Å². The first-order valence-electron chi connectivity index (χ1n) is 6.31. The van der Waals surface area contributed by atoms with Gasteiger partial charge in [0.15, 0.2) is 0 Å². The highest BCUT2D eigenvalue weighted by atomic mass is 15.0. The van der Waals surface area contributed by atoms with Crippen molar-refractivity contribution in [2.75, 3.05) is 13.1 Å². The smallest absolute Gasteiger partial charge is 0.00822 e. The normalized spacial score (nSPS) is 29.4. The van der Waals surface area contributed by atoms with Crippen LogP contribution in [0.2, 0.25) is 0 Å². The number of nitrogens with one attached hydrogen (secondary N) is 2. The van der Waals surface area contributed by atoms with E-state index in [1.807, 2.05) is 0 Å². The molecule has 0 spiro atoms. The molecule has 2 unspecified atom stereocenters. The third-order valence-corrected chi connectivity index (χ3v) is 3.54. The van der Waals surface area contributed by atoms with Crippen LogP contribution in [-0.4, -0.2) is 25.2 Å². The minimum atomic E-state index is 0.698. The van der Waals surface area contributed by atoms with E-state index in [9.17, 15) is 0 Å². The summed E-state index contributed by atoms with van der Waals surface area (Å²) in [6.07, 6.45) is 8.45. The lowest BCUT2D eigenvalue weighted by Gasteiger charge is -2.18. The Balaban J connectivity index is 1.50. The lowest BCUT2D eigenvalue weighted by molar-refractivity contribution is 0.433. The molecule has 1 heterocycles. The molecule has 1 aliphatic heterocycles. The van der Waals surface area contributed by atoms with Crippen molar-refractivity contribution in [2.24, 2.45) is 5.92 Å². The Kier molecular flexibility index (Phi) is 3.82. The van der Waals surface area contributed by atoms with Crippen molar-refractivity contribution in [3.63, 3.8) is 0 Å². The van der Waals surface area contributed by atoms with E-state index in [4.69, 9.17) is 0 Å². The third kappa shape index (κ3) is 3.58. The Morgan fingerprint density at radius 1 is 1.36 bits per heavy atom. The highest BCUT2D eigenvalue weighted by Crippen LogP contribution is 2.31. The summed E-state index contributed by atoms with van der Waals surface area (Å²) in [5.41, 5.74) is 0. The first-order valence-corrected chi connectivity index (χ1v) is 6.31. The average molecular weight is 196 g/mol. The SMILES string of the molecule is CC(CC1CCCN1)NCCC1CC1. The molecular weight excluding hydrogens is 172 g/mol. The van der Waals surface area contributed by atoms with Crippen LogP contribution in [0.4, 0.5) is 0 Å². The van der Waals surface area contributed by atoms with Crippen LogP contribution in [0.3, 0.4) is 0 Å². The second-order valence-corrected chi connectivity index (χ2v) is 5.12. The number of hydrogen-bond acceptors (Lipinski definition) is 2. The monoisotopic (exact) mass is 196 g/mol. The fourth-order valence-corrected chi connectivity index (χ4v) is 2.41. The largest absolute Gasteiger partial charge is 0.314 e. The lowest BCUT2D eigenvalue weighted by Crippen LogP contribution is -2.34. The van der Waals surface area contributed by atoms with Crippen molar-refractivity contribution >= 4 is 0 Å². The first kappa shape index (κ1) is 10.4. The first-order chi connectivity index (χ1) is 6.84.